The van der Waals surface area contributed by atoms with E-state index in [1.54, 1.807) is 24.1 Å². The van der Waals surface area contributed by atoms with Gasteiger partial charge in [-0.3, -0.25) is 4.79 Å². The van der Waals surface area contributed by atoms with Gasteiger partial charge in [-0.1, -0.05) is 17.7 Å². The Balaban J connectivity index is 2.26. The van der Waals surface area contributed by atoms with Gasteiger partial charge in [-0.25, -0.2) is 0 Å². The largest absolute Gasteiger partial charge is 0.495 e. The zero-order valence-electron chi connectivity index (χ0n) is 9.65. The Bertz CT molecular complexity index is 459. The zero-order chi connectivity index (χ0) is 12.4. The van der Waals surface area contributed by atoms with Crippen LogP contribution >= 0.6 is 11.6 Å². The molecule has 1 aromatic rings. The molecule has 0 saturated carbocycles. The number of carbonyl (C=O) groups is 1. The van der Waals surface area contributed by atoms with Crippen molar-refractivity contribution in [3.05, 3.63) is 35.9 Å². The van der Waals surface area contributed by atoms with Crippen LogP contribution in [-0.4, -0.2) is 19.6 Å². The average molecular weight is 252 g/mol. The van der Waals surface area contributed by atoms with Crippen molar-refractivity contribution < 1.29 is 9.53 Å². The van der Waals surface area contributed by atoms with Gasteiger partial charge in [0.05, 0.1) is 12.1 Å². The number of rotatable bonds is 3. The lowest BCUT2D eigenvalue weighted by atomic mass is 10.1. The molecule has 1 unspecified atom stereocenters. The number of benzene rings is 1. The molecule has 1 saturated heterocycles. The molecule has 0 N–H and O–H groups in total. The summed E-state index contributed by atoms with van der Waals surface area (Å²) in [6, 6.07) is 5.37. The molecule has 0 spiro atoms. The fraction of sp³-hybridized carbons (Fsp3) is 0.308. The second kappa shape index (κ2) is 4.80. The van der Waals surface area contributed by atoms with Crippen LogP contribution in [0.1, 0.15) is 6.42 Å². The maximum atomic E-state index is 11.8. The molecule has 1 amide bonds. The first-order valence-corrected chi connectivity index (χ1v) is 5.80. The first kappa shape index (κ1) is 12.0. The fourth-order valence-electron chi connectivity index (χ4n) is 1.97. The van der Waals surface area contributed by atoms with E-state index in [1.165, 1.54) is 0 Å². The van der Waals surface area contributed by atoms with Gasteiger partial charge in [0.1, 0.15) is 5.75 Å². The summed E-state index contributed by atoms with van der Waals surface area (Å²) in [6.07, 6.45) is 2.34. The highest BCUT2D eigenvalue weighted by Gasteiger charge is 2.28. The summed E-state index contributed by atoms with van der Waals surface area (Å²) in [7, 11) is 1.57. The van der Waals surface area contributed by atoms with Gasteiger partial charge in [-0.05, 0) is 18.2 Å². The number of anilines is 1. The Morgan fingerprint density at radius 2 is 2.35 bits per heavy atom. The quantitative estimate of drug-likeness (QED) is 0.773. The van der Waals surface area contributed by atoms with Crippen molar-refractivity contribution in [1.82, 2.24) is 0 Å². The minimum absolute atomic E-state index is 0.108. The van der Waals surface area contributed by atoms with Gasteiger partial charge < -0.3 is 9.64 Å². The fourth-order valence-corrected chi connectivity index (χ4v) is 2.22. The summed E-state index contributed by atoms with van der Waals surface area (Å²) in [5.41, 5.74) is 0.810. The lowest BCUT2D eigenvalue weighted by Gasteiger charge is -2.17. The molecule has 17 heavy (non-hydrogen) atoms. The van der Waals surface area contributed by atoms with E-state index in [0.29, 0.717) is 23.7 Å². The summed E-state index contributed by atoms with van der Waals surface area (Å²) >= 11 is 6.04. The molecule has 1 aliphatic rings. The highest BCUT2D eigenvalue weighted by molar-refractivity contribution is 6.32. The number of halogens is 1. The van der Waals surface area contributed by atoms with E-state index in [9.17, 15) is 4.79 Å². The maximum Gasteiger partial charge on any atom is 0.227 e. The minimum atomic E-state index is 0.108. The molecule has 0 bridgehead atoms. The zero-order valence-corrected chi connectivity index (χ0v) is 10.4. The molecular formula is C13H14ClNO2. The Morgan fingerprint density at radius 3 is 2.88 bits per heavy atom. The molecule has 1 aliphatic heterocycles. The van der Waals surface area contributed by atoms with E-state index in [-0.39, 0.29) is 11.8 Å². The third-order valence-corrected chi connectivity index (χ3v) is 3.23. The summed E-state index contributed by atoms with van der Waals surface area (Å²) < 4.78 is 5.08. The van der Waals surface area contributed by atoms with Crippen molar-refractivity contribution in [2.24, 2.45) is 5.92 Å². The molecule has 90 valence electrons. The third-order valence-electron chi connectivity index (χ3n) is 2.94. The predicted octanol–water partition coefficient (Wildman–Crippen LogP) is 2.89. The van der Waals surface area contributed by atoms with Crippen molar-refractivity contribution in [1.29, 1.82) is 0 Å². The van der Waals surface area contributed by atoms with Crippen LogP contribution in [0.15, 0.2) is 30.9 Å². The molecule has 1 aromatic carbocycles. The van der Waals surface area contributed by atoms with Gasteiger partial charge in [-0.2, -0.15) is 0 Å². The van der Waals surface area contributed by atoms with Crippen LogP contribution in [0.4, 0.5) is 5.69 Å². The highest BCUT2D eigenvalue weighted by atomic mass is 35.5. The van der Waals surface area contributed by atoms with Gasteiger partial charge in [-0.15, -0.1) is 6.58 Å². The third kappa shape index (κ3) is 2.29. The molecule has 4 heteroatoms. The van der Waals surface area contributed by atoms with Crippen LogP contribution in [-0.2, 0) is 4.79 Å². The molecule has 3 nitrogen and oxygen atoms in total. The highest BCUT2D eigenvalue weighted by Crippen LogP contribution is 2.32. The standard InChI is InChI=1S/C13H14ClNO2/c1-3-9-6-13(16)15(8-9)10-4-5-12(17-2)11(14)7-10/h3-5,7,9H,1,6,8H2,2H3. The molecule has 0 radical (unpaired) electrons. The molecule has 2 rings (SSSR count). The van der Waals surface area contributed by atoms with Crippen LogP contribution in [0.2, 0.25) is 5.02 Å². The van der Waals surface area contributed by atoms with Gasteiger partial charge in [0, 0.05) is 24.6 Å². The van der Waals surface area contributed by atoms with E-state index in [1.807, 2.05) is 12.1 Å². The monoisotopic (exact) mass is 251 g/mol. The summed E-state index contributed by atoms with van der Waals surface area (Å²) in [5.74, 6) is 0.946. The van der Waals surface area contributed by atoms with E-state index in [2.05, 4.69) is 6.58 Å². The maximum absolute atomic E-state index is 11.8. The van der Waals surface area contributed by atoms with Crippen LogP contribution in [0.5, 0.6) is 5.75 Å². The number of hydrogen-bond acceptors (Lipinski definition) is 2. The van der Waals surface area contributed by atoms with Crippen molar-refractivity contribution in [2.75, 3.05) is 18.6 Å². The lowest BCUT2D eigenvalue weighted by molar-refractivity contribution is -0.117. The van der Waals surface area contributed by atoms with Gasteiger partial charge in [0.25, 0.3) is 0 Å². The van der Waals surface area contributed by atoms with Gasteiger partial charge in [0.15, 0.2) is 0 Å². The first-order valence-electron chi connectivity index (χ1n) is 5.42. The van der Waals surface area contributed by atoms with Crippen molar-refractivity contribution in [3.63, 3.8) is 0 Å². The van der Waals surface area contributed by atoms with E-state index >= 15 is 0 Å². The summed E-state index contributed by atoms with van der Waals surface area (Å²) in [5, 5.41) is 0.514. The van der Waals surface area contributed by atoms with Crippen LogP contribution in [0, 0.1) is 5.92 Å². The van der Waals surface area contributed by atoms with E-state index in [4.69, 9.17) is 16.3 Å². The number of methoxy groups -OCH3 is 1. The molecule has 0 aromatic heterocycles. The Morgan fingerprint density at radius 1 is 1.59 bits per heavy atom. The molecule has 1 heterocycles. The molecular weight excluding hydrogens is 238 g/mol. The average Bonchev–Trinajstić information content (AvgIpc) is 2.70. The van der Waals surface area contributed by atoms with Crippen molar-refractivity contribution in [2.45, 2.75) is 6.42 Å². The van der Waals surface area contributed by atoms with E-state index < -0.39 is 0 Å². The van der Waals surface area contributed by atoms with Crippen LogP contribution < -0.4 is 9.64 Å². The second-order valence-electron chi connectivity index (χ2n) is 4.02. The molecule has 1 fully saturated rings. The smallest absolute Gasteiger partial charge is 0.227 e. The Kier molecular flexibility index (Phi) is 3.38. The van der Waals surface area contributed by atoms with Gasteiger partial charge >= 0.3 is 0 Å². The Labute approximate surface area is 106 Å². The summed E-state index contributed by atoms with van der Waals surface area (Å²) in [4.78, 5) is 13.5. The van der Waals surface area contributed by atoms with Crippen molar-refractivity contribution in [3.8, 4) is 5.75 Å². The normalized spacial score (nSPS) is 19.5. The number of ether oxygens (including phenoxy) is 1. The number of carbonyl (C=O) groups excluding carboxylic acids is 1. The van der Waals surface area contributed by atoms with Crippen molar-refractivity contribution >= 4 is 23.2 Å². The molecule has 0 aliphatic carbocycles. The second-order valence-corrected chi connectivity index (χ2v) is 4.43. The minimum Gasteiger partial charge on any atom is -0.495 e. The van der Waals surface area contributed by atoms with Crippen LogP contribution in [0.3, 0.4) is 0 Å². The first-order chi connectivity index (χ1) is 8.15. The summed E-state index contributed by atoms with van der Waals surface area (Å²) in [6.45, 7) is 4.40. The SMILES string of the molecule is C=CC1CC(=O)N(c2ccc(OC)c(Cl)c2)C1. The number of hydrogen-bond donors (Lipinski definition) is 0. The Hall–Kier alpha value is -1.48. The number of amides is 1. The lowest BCUT2D eigenvalue weighted by Crippen LogP contribution is -2.24. The predicted molar refractivity (Wildman–Crippen MR) is 68.7 cm³/mol. The number of nitrogens with zero attached hydrogens (tertiary/aromatic N) is 1. The van der Waals surface area contributed by atoms with Gasteiger partial charge in [0.2, 0.25) is 5.91 Å². The molecule has 1 atom stereocenters. The van der Waals surface area contributed by atoms with Crippen LogP contribution in [0.25, 0.3) is 0 Å². The topological polar surface area (TPSA) is 29.5 Å². The van der Waals surface area contributed by atoms with E-state index in [0.717, 1.165) is 5.69 Å².